The monoisotopic (exact) mass is 240 g/mol. The number of rotatable bonds is 0. The molecule has 4 nitrogen and oxygen atoms in total. The quantitative estimate of drug-likeness (QED) is 0.667. The Morgan fingerprint density at radius 1 is 1.00 bits per heavy atom. The third-order valence-electron chi connectivity index (χ3n) is 3.26. The van der Waals surface area contributed by atoms with Crippen molar-refractivity contribution in [2.24, 2.45) is 0 Å². The SMILES string of the molecule is O=C1NNC2C=CC=CC2c2ccccc2C1=O. The first-order chi connectivity index (χ1) is 8.77. The maximum atomic E-state index is 12.0. The molecule has 18 heavy (non-hydrogen) atoms. The zero-order valence-corrected chi connectivity index (χ0v) is 9.59. The summed E-state index contributed by atoms with van der Waals surface area (Å²) in [6, 6.07) is 7.22. The number of carbonyl (C=O) groups is 2. The Morgan fingerprint density at radius 3 is 2.67 bits per heavy atom. The van der Waals surface area contributed by atoms with Crippen molar-refractivity contribution >= 4 is 11.7 Å². The lowest BCUT2D eigenvalue weighted by molar-refractivity contribution is -0.118. The number of fused-ring (bicyclic) bond motifs is 3. The van der Waals surface area contributed by atoms with Gasteiger partial charge in [0.15, 0.2) is 0 Å². The van der Waals surface area contributed by atoms with Crippen LogP contribution in [0.1, 0.15) is 21.8 Å². The fourth-order valence-electron chi connectivity index (χ4n) is 2.36. The Morgan fingerprint density at radius 2 is 1.78 bits per heavy atom. The first kappa shape index (κ1) is 10.9. The molecule has 2 unspecified atom stereocenters. The smallest absolute Gasteiger partial charge is 0.284 e. The Bertz CT molecular complexity index is 575. The van der Waals surface area contributed by atoms with Gasteiger partial charge in [0.25, 0.3) is 5.78 Å². The molecule has 90 valence electrons. The fourth-order valence-corrected chi connectivity index (χ4v) is 2.36. The first-order valence-electron chi connectivity index (χ1n) is 5.81. The van der Waals surface area contributed by atoms with Crippen molar-refractivity contribution in [3.63, 3.8) is 0 Å². The van der Waals surface area contributed by atoms with Gasteiger partial charge in [0.05, 0.1) is 6.04 Å². The number of hydrogen-bond acceptors (Lipinski definition) is 3. The molecule has 1 aliphatic heterocycles. The highest BCUT2D eigenvalue weighted by atomic mass is 16.2. The van der Waals surface area contributed by atoms with Crippen molar-refractivity contribution in [3.05, 3.63) is 59.7 Å². The molecule has 1 heterocycles. The van der Waals surface area contributed by atoms with Crippen LogP contribution in [0.25, 0.3) is 0 Å². The lowest BCUT2D eigenvalue weighted by Crippen LogP contribution is -2.50. The lowest BCUT2D eigenvalue weighted by Gasteiger charge is -2.29. The van der Waals surface area contributed by atoms with Gasteiger partial charge >= 0.3 is 5.91 Å². The molecule has 1 aromatic carbocycles. The number of allylic oxidation sites excluding steroid dienone is 2. The van der Waals surface area contributed by atoms with Crippen LogP contribution >= 0.6 is 0 Å². The van der Waals surface area contributed by atoms with E-state index in [2.05, 4.69) is 10.9 Å². The van der Waals surface area contributed by atoms with Gasteiger partial charge in [-0.2, -0.15) is 0 Å². The Kier molecular flexibility index (Phi) is 2.57. The van der Waals surface area contributed by atoms with Crippen LogP contribution in [0.5, 0.6) is 0 Å². The minimum absolute atomic E-state index is 0.0341. The Hall–Kier alpha value is -2.20. The standard InChI is InChI=1S/C14H12N2O2/c17-13-11-7-2-1-5-9(11)10-6-3-4-8-12(10)15-16-14(13)18/h1-8,10,12,15H,(H,16,18). The Balaban J connectivity index is 2.16. The highest BCUT2D eigenvalue weighted by molar-refractivity contribution is 6.43. The summed E-state index contributed by atoms with van der Waals surface area (Å²) in [5.41, 5.74) is 6.70. The van der Waals surface area contributed by atoms with E-state index in [-0.39, 0.29) is 12.0 Å². The van der Waals surface area contributed by atoms with Crippen molar-refractivity contribution in [2.45, 2.75) is 12.0 Å². The van der Waals surface area contributed by atoms with Crippen LogP contribution in [0.3, 0.4) is 0 Å². The molecule has 0 bridgehead atoms. The second kappa shape index (κ2) is 4.23. The van der Waals surface area contributed by atoms with E-state index >= 15 is 0 Å². The normalized spacial score (nSPS) is 25.8. The number of nitrogens with one attached hydrogen (secondary N) is 2. The molecule has 0 fully saturated rings. The maximum absolute atomic E-state index is 12.0. The lowest BCUT2D eigenvalue weighted by atomic mass is 9.84. The highest BCUT2D eigenvalue weighted by Gasteiger charge is 2.30. The van der Waals surface area contributed by atoms with Crippen LogP contribution in [0.4, 0.5) is 0 Å². The largest absolute Gasteiger partial charge is 0.306 e. The first-order valence-corrected chi connectivity index (χ1v) is 5.81. The summed E-state index contributed by atoms with van der Waals surface area (Å²) in [5.74, 6) is -1.07. The zero-order chi connectivity index (χ0) is 12.5. The predicted octanol–water partition coefficient (Wildman–Crippen LogP) is 1.08. The maximum Gasteiger partial charge on any atom is 0.306 e. The number of hydrazine groups is 1. The number of hydrogen-bond donors (Lipinski definition) is 2. The molecule has 3 rings (SSSR count). The van der Waals surface area contributed by atoms with Crippen molar-refractivity contribution < 1.29 is 9.59 Å². The third-order valence-corrected chi connectivity index (χ3v) is 3.26. The van der Waals surface area contributed by atoms with Gasteiger partial charge in [0.2, 0.25) is 0 Å². The van der Waals surface area contributed by atoms with Gasteiger partial charge in [-0.25, -0.2) is 5.43 Å². The van der Waals surface area contributed by atoms with Crippen LogP contribution in [0, 0.1) is 0 Å². The second-order valence-corrected chi connectivity index (χ2v) is 4.34. The van der Waals surface area contributed by atoms with E-state index in [9.17, 15) is 9.59 Å². The molecular formula is C14H12N2O2. The summed E-state index contributed by atoms with van der Waals surface area (Å²) < 4.78 is 0. The third kappa shape index (κ3) is 1.67. The summed E-state index contributed by atoms with van der Waals surface area (Å²) in [6.07, 6.45) is 7.87. The fraction of sp³-hybridized carbons (Fsp3) is 0.143. The summed E-state index contributed by atoms with van der Waals surface area (Å²) in [6.45, 7) is 0. The molecule has 2 aliphatic rings. The van der Waals surface area contributed by atoms with Crippen LogP contribution in [-0.2, 0) is 4.79 Å². The van der Waals surface area contributed by atoms with Gasteiger partial charge in [0, 0.05) is 11.5 Å². The average molecular weight is 240 g/mol. The molecule has 4 heteroatoms. The van der Waals surface area contributed by atoms with Crippen LogP contribution in [0.2, 0.25) is 0 Å². The van der Waals surface area contributed by atoms with Gasteiger partial charge in [-0.1, -0.05) is 48.6 Å². The summed E-state index contributed by atoms with van der Waals surface area (Å²) in [5, 5.41) is 0. The van der Waals surface area contributed by atoms with Crippen molar-refractivity contribution in [1.29, 1.82) is 0 Å². The Labute approximate surface area is 104 Å². The van der Waals surface area contributed by atoms with E-state index in [1.165, 1.54) is 0 Å². The van der Waals surface area contributed by atoms with E-state index in [1.54, 1.807) is 12.1 Å². The number of amides is 1. The number of Topliss-reactive ketones (excluding diaryl/α,β-unsaturated/α-hetero) is 1. The van der Waals surface area contributed by atoms with Gasteiger partial charge in [0.1, 0.15) is 0 Å². The van der Waals surface area contributed by atoms with E-state index in [0.29, 0.717) is 5.56 Å². The number of benzene rings is 1. The van der Waals surface area contributed by atoms with E-state index in [4.69, 9.17) is 0 Å². The molecule has 2 atom stereocenters. The van der Waals surface area contributed by atoms with Crippen LogP contribution in [0.15, 0.2) is 48.6 Å². The van der Waals surface area contributed by atoms with Gasteiger partial charge in [-0.15, -0.1) is 0 Å². The molecule has 1 aliphatic carbocycles. The average Bonchev–Trinajstić information content (AvgIpc) is 2.43. The minimum Gasteiger partial charge on any atom is -0.284 e. The molecule has 1 amide bonds. The molecule has 0 radical (unpaired) electrons. The molecule has 1 aromatic rings. The van der Waals surface area contributed by atoms with Crippen LogP contribution < -0.4 is 10.9 Å². The molecular weight excluding hydrogens is 228 g/mol. The van der Waals surface area contributed by atoms with Crippen LogP contribution in [-0.4, -0.2) is 17.7 Å². The van der Waals surface area contributed by atoms with E-state index < -0.39 is 11.7 Å². The zero-order valence-electron chi connectivity index (χ0n) is 9.59. The summed E-state index contributed by atoms with van der Waals surface area (Å²) >= 11 is 0. The van der Waals surface area contributed by atoms with Gasteiger partial charge in [-0.05, 0) is 5.56 Å². The van der Waals surface area contributed by atoms with Crippen molar-refractivity contribution in [3.8, 4) is 0 Å². The highest BCUT2D eigenvalue weighted by Crippen LogP contribution is 2.28. The predicted molar refractivity (Wildman–Crippen MR) is 66.9 cm³/mol. The van der Waals surface area contributed by atoms with Gasteiger partial charge < -0.3 is 0 Å². The summed E-state index contributed by atoms with van der Waals surface area (Å²) in [4.78, 5) is 23.6. The van der Waals surface area contributed by atoms with Crippen molar-refractivity contribution in [2.75, 3.05) is 0 Å². The second-order valence-electron chi connectivity index (χ2n) is 4.34. The molecule has 0 saturated carbocycles. The molecule has 0 spiro atoms. The number of ketones is 1. The molecule has 0 saturated heterocycles. The molecule has 0 aromatic heterocycles. The molecule has 2 N–H and O–H groups in total. The van der Waals surface area contributed by atoms with Gasteiger partial charge in [-0.3, -0.25) is 15.0 Å². The number of carbonyl (C=O) groups excluding carboxylic acids is 2. The summed E-state index contributed by atoms with van der Waals surface area (Å²) in [7, 11) is 0. The topological polar surface area (TPSA) is 58.2 Å². The minimum atomic E-state index is -0.621. The van der Waals surface area contributed by atoms with E-state index in [1.807, 2.05) is 36.4 Å². The van der Waals surface area contributed by atoms with E-state index in [0.717, 1.165) is 5.56 Å². The van der Waals surface area contributed by atoms with Crippen molar-refractivity contribution in [1.82, 2.24) is 10.9 Å².